The Hall–Kier alpha value is -0.760. The van der Waals surface area contributed by atoms with Crippen LogP contribution in [0.2, 0.25) is 0 Å². The van der Waals surface area contributed by atoms with Gasteiger partial charge >= 0.3 is 0 Å². The van der Waals surface area contributed by atoms with Crippen LogP contribution >= 0.6 is 0 Å². The maximum atomic E-state index is 4.83. The Morgan fingerprint density at radius 2 is 2.11 bits per heavy atom. The number of hydrogen-bond acceptors (Lipinski definition) is 2. The number of allylic oxidation sites excluding steroid dienone is 3. The zero-order valence-corrected chi connectivity index (χ0v) is 5.83. The standard InChI is InChI=1S/C7H12O2/c1-3-4-5-6-9-7-8-2/h3-6H,7H2,1-2H3/b4-3+,6-5+. The van der Waals surface area contributed by atoms with Crippen molar-refractivity contribution in [3.05, 3.63) is 24.5 Å². The van der Waals surface area contributed by atoms with Crippen LogP contribution in [0.3, 0.4) is 0 Å². The Balaban J connectivity index is 3.04. The van der Waals surface area contributed by atoms with E-state index in [-0.39, 0.29) is 0 Å². The van der Waals surface area contributed by atoms with Gasteiger partial charge in [-0.25, -0.2) is 0 Å². The van der Waals surface area contributed by atoms with Crippen LogP contribution in [0, 0.1) is 0 Å². The molecule has 0 radical (unpaired) electrons. The van der Waals surface area contributed by atoms with Crippen LogP contribution in [0.15, 0.2) is 24.5 Å². The van der Waals surface area contributed by atoms with E-state index < -0.39 is 0 Å². The molecule has 0 aliphatic heterocycles. The Labute approximate surface area is 55.8 Å². The zero-order chi connectivity index (χ0) is 6.95. The van der Waals surface area contributed by atoms with E-state index in [1.54, 1.807) is 19.4 Å². The molecule has 0 saturated carbocycles. The second-order valence-electron chi connectivity index (χ2n) is 1.43. The van der Waals surface area contributed by atoms with E-state index in [0.29, 0.717) is 6.79 Å². The Morgan fingerprint density at radius 3 is 2.67 bits per heavy atom. The molecule has 0 bridgehead atoms. The van der Waals surface area contributed by atoms with Crippen molar-refractivity contribution in [2.24, 2.45) is 0 Å². The highest BCUT2D eigenvalue weighted by Gasteiger charge is 1.69. The molecule has 0 amide bonds. The van der Waals surface area contributed by atoms with Gasteiger partial charge in [-0.1, -0.05) is 12.2 Å². The van der Waals surface area contributed by atoms with Crippen molar-refractivity contribution < 1.29 is 9.47 Å². The number of methoxy groups -OCH3 is 1. The van der Waals surface area contributed by atoms with Crippen molar-refractivity contribution in [1.29, 1.82) is 0 Å². The number of rotatable bonds is 4. The molecule has 0 rings (SSSR count). The number of hydrogen-bond donors (Lipinski definition) is 0. The van der Waals surface area contributed by atoms with Crippen molar-refractivity contribution in [2.45, 2.75) is 6.92 Å². The minimum absolute atomic E-state index is 0.314. The van der Waals surface area contributed by atoms with Gasteiger partial charge in [-0.2, -0.15) is 0 Å². The molecule has 0 aromatic carbocycles. The molecule has 0 aliphatic rings. The SMILES string of the molecule is C/C=C/C=C/OCOC. The summed E-state index contributed by atoms with van der Waals surface area (Å²) >= 11 is 0. The molecule has 0 unspecified atom stereocenters. The maximum Gasteiger partial charge on any atom is 0.187 e. The average molecular weight is 128 g/mol. The highest BCUT2D eigenvalue weighted by Crippen LogP contribution is 1.79. The molecular weight excluding hydrogens is 116 g/mol. The van der Waals surface area contributed by atoms with Gasteiger partial charge < -0.3 is 9.47 Å². The van der Waals surface area contributed by atoms with Crippen LogP contribution in [-0.2, 0) is 9.47 Å². The number of ether oxygens (including phenoxy) is 2. The summed E-state index contributed by atoms with van der Waals surface area (Å²) < 4.78 is 9.46. The third-order valence-corrected chi connectivity index (χ3v) is 0.664. The van der Waals surface area contributed by atoms with Gasteiger partial charge in [-0.3, -0.25) is 0 Å². The van der Waals surface area contributed by atoms with Crippen LogP contribution < -0.4 is 0 Å². The maximum absolute atomic E-state index is 4.83. The van der Waals surface area contributed by atoms with Gasteiger partial charge in [0.2, 0.25) is 0 Å². The van der Waals surface area contributed by atoms with Crippen molar-refractivity contribution in [3.8, 4) is 0 Å². The Morgan fingerprint density at radius 1 is 1.33 bits per heavy atom. The van der Waals surface area contributed by atoms with Crippen LogP contribution in [0.25, 0.3) is 0 Å². The van der Waals surface area contributed by atoms with Crippen LogP contribution in [0.5, 0.6) is 0 Å². The van der Waals surface area contributed by atoms with Crippen molar-refractivity contribution >= 4 is 0 Å². The monoisotopic (exact) mass is 128 g/mol. The van der Waals surface area contributed by atoms with Crippen molar-refractivity contribution in [2.75, 3.05) is 13.9 Å². The lowest BCUT2D eigenvalue weighted by atomic mass is 10.5. The summed E-state index contributed by atoms with van der Waals surface area (Å²) in [5.74, 6) is 0. The van der Waals surface area contributed by atoms with E-state index in [9.17, 15) is 0 Å². The first-order valence-electron chi connectivity index (χ1n) is 2.80. The van der Waals surface area contributed by atoms with Crippen LogP contribution in [-0.4, -0.2) is 13.9 Å². The van der Waals surface area contributed by atoms with Gasteiger partial charge in [-0.15, -0.1) is 0 Å². The smallest absolute Gasteiger partial charge is 0.187 e. The van der Waals surface area contributed by atoms with E-state index >= 15 is 0 Å². The first-order chi connectivity index (χ1) is 4.41. The first-order valence-corrected chi connectivity index (χ1v) is 2.80. The highest BCUT2D eigenvalue weighted by molar-refractivity contribution is 4.97. The molecule has 0 N–H and O–H groups in total. The summed E-state index contributed by atoms with van der Waals surface area (Å²) in [6, 6.07) is 0. The molecule has 0 spiro atoms. The third kappa shape index (κ3) is 7.24. The third-order valence-electron chi connectivity index (χ3n) is 0.664. The predicted octanol–water partition coefficient (Wildman–Crippen LogP) is 1.70. The highest BCUT2D eigenvalue weighted by atomic mass is 16.7. The van der Waals surface area contributed by atoms with Crippen LogP contribution in [0.4, 0.5) is 0 Å². The van der Waals surface area contributed by atoms with Gasteiger partial charge in [-0.05, 0) is 13.0 Å². The molecule has 0 fully saturated rings. The summed E-state index contributed by atoms with van der Waals surface area (Å²) in [5.41, 5.74) is 0. The van der Waals surface area contributed by atoms with Gasteiger partial charge in [0, 0.05) is 7.11 Å². The van der Waals surface area contributed by atoms with Crippen LogP contribution in [0.1, 0.15) is 6.92 Å². The minimum Gasteiger partial charge on any atom is -0.475 e. The second kappa shape index (κ2) is 7.24. The Kier molecular flexibility index (Phi) is 6.63. The topological polar surface area (TPSA) is 18.5 Å². The Bertz CT molecular complexity index is 95.1. The molecule has 0 atom stereocenters. The summed E-state index contributed by atoms with van der Waals surface area (Å²) in [7, 11) is 1.59. The van der Waals surface area contributed by atoms with E-state index in [4.69, 9.17) is 4.74 Å². The molecule has 0 aromatic rings. The molecule has 9 heavy (non-hydrogen) atoms. The second-order valence-corrected chi connectivity index (χ2v) is 1.43. The predicted molar refractivity (Wildman–Crippen MR) is 36.9 cm³/mol. The van der Waals surface area contributed by atoms with Gasteiger partial charge in [0.1, 0.15) is 0 Å². The van der Waals surface area contributed by atoms with E-state index in [2.05, 4.69) is 4.74 Å². The molecule has 2 nitrogen and oxygen atoms in total. The average Bonchev–Trinajstić information content (AvgIpc) is 1.89. The van der Waals surface area contributed by atoms with Crippen molar-refractivity contribution in [3.63, 3.8) is 0 Å². The molecule has 0 aliphatic carbocycles. The molecule has 0 aromatic heterocycles. The fourth-order valence-electron chi connectivity index (χ4n) is 0.319. The van der Waals surface area contributed by atoms with Gasteiger partial charge in [0.05, 0.1) is 6.26 Å². The molecular formula is C7H12O2. The van der Waals surface area contributed by atoms with E-state index in [0.717, 1.165) is 0 Å². The fraction of sp³-hybridized carbons (Fsp3) is 0.429. The largest absolute Gasteiger partial charge is 0.475 e. The van der Waals surface area contributed by atoms with E-state index in [1.165, 1.54) is 0 Å². The molecule has 0 heterocycles. The zero-order valence-electron chi connectivity index (χ0n) is 5.83. The summed E-state index contributed by atoms with van der Waals surface area (Å²) in [6.45, 7) is 2.26. The summed E-state index contributed by atoms with van der Waals surface area (Å²) in [4.78, 5) is 0. The minimum atomic E-state index is 0.314. The first kappa shape index (κ1) is 8.24. The molecule has 0 saturated heterocycles. The normalized spacial score (nSPS) is 11.3. The lowest BCUT2D eigenvalue weighted by Crippen LogP contribution is -1.87. The van der Waals surface area contributed by atoms with Crippen molar-refractivity contribution in [1.82, 2.24) is 0 Å². The van der Waals surface area contributed by atoms with Gasteiger partial charge in [0.25, 0.3) is 0 Å². The summed E-state index contributed by atoms with van der Waals surface area (Å²) in [5, 5.41) is 0. The van der Waals surface area contributed by atoms with Gasteiger partial charge in [0.15, 0.2) is 6.79 Å². The molecule has 2 heteroatoms. The molecule has 52 valence electrons. The van der Waals surface area contributed by atoms with E-state index in [1.807, 2.05) is 19.1 Å². The lowest BCUT2D eigenvalue weighted by Gasteiger charge is -1.93. The quantitative estimate of drug-likeness (QED) is 0.248. The fourth-order valence-corrected chi connectivity index (χ4v) is 0.319. The lowest BCUT2D eigenvalue weighted by molar-refractivity contribution is 0.0199. The summed E-state index contributed by atoms with van der Waals surface area (Å²) in [6.07, 6.45) is 7.20.